The highest BCUT2D eigenvalue weighted by Gasteiger charge is 2.39. The molecule has 0 saturated carbocycles. The van der Waals surface area contributed by atoms with Crippen molar-refractivity contribution in [3.8, 4) is 0 Å². The highest BCUT2D eigenvalue weighted by Crippen LogP contribution is 2.29. The van der Waals surface area contributed by atoms with E-state index in [0.717, 1.165) is 11.1 Å². The van der Waals surface area contributed by atoms with Crippen molar-refractivity contribution in [2.45, 2.75) is 50.6 Å². The second kappa shape index (κ2) is 7.36. The number of carbonyl (C=O) groups excluding carboxylic acids is 3. The van der Waals surface area contributed by atoms with E-state index in [1.165, 1.54) is 0 Å². The number of alkyl halides is 1. The molecular weight excluding hydrogens is 351 g/mol. The van der Waals surface area contributed by atoms with Gasteiger partial charge >= 0.3 is 0 Å². The molecule has 7 nitrogen and oxygen atoms in total. The molecule has 3 heterocycles. The van der Waals surface area contributed by atoms with Gasteiger partial charge in [0, 0.05) is 44.2 Å². The van der Waals surface area contributed by atoms with Crippen LogP contribution in [0.15, 0.2) is 18.2 Å². The molecule has 0 spiro atoms. The number of piperidine rings is 2. The van der Waals surface area contributed by atoms with Crippen LogP contribution in [0.5, 0.6) is 0 Å². The third-order valence-corrected chi connectivity index (χ3v) is 5.52. The Bertz CT molecular complexity index is 784. The Morgan fingerprint density at radius 2 is 2.07 bits per heavy atom. The van der Waals surface area contributed by atoms with Crippen molar-refractivity contribution in [1.29, 1.82) is 0 Å². The minimum atomic E-state index is -0.859. The van der Waals surface area contributed by atoms with Crippen LogP contribution in [-0.2, 0) is 22.7 Å². The fourth-order valence-electron chi connectivity index (χ4n) is 4.14. The van der Waals surface area contributed by atoms with Crippen LogP contribution in [0.3, 0.4) is 0 Å². The summed E-state index contributed by atoms with van der Waals surface area (Å²) < 4.78 is 13.5. The van der Waals surface area contributed by atoms with Gasteiger partial charge in [-0.3, -0.25) is 19.7 Å². The number of carbonyl (C=O) groups is 3. The summed E-state index contributed by atoms with van der Waals surface area (Å²) in [6.45, 7) is 1.92. The molecule has 1 unspecified atom stereocenters. The van der Waals surface area contributed by atoms with Crippen molar-refractivity contribution < 1.29 is 18.8 Å². The monoisotopic (exact) mass is 374 g/mol. The van der Waals surface area contributed by atoms with Gasteiger partial charge in [-0.15, -0.1) is 0 Å². The number of imide groups is 1. The van der Waals surface area contributed by atoms with E-state index in [1.807, 2.05) is 18.2 Å². The molecule has 3 N–H and O–H groups in total. The van der Waals surface area contributed by atoms with Gasteiger partial charge in [-0.1, -0.05) is 18.2 Å². The lowest BCUT2D eigenvalue weighted by Crippen LogP contribution is -2.52. The fraction of sp³-hybridized carbons (Fsp3) is 0.526. The lowest BCUT2D eigenvalue weighted by molar-refractivity contribution is -0.136. The van der Waals surface area contributed by atoms with E-state index < -0.39 is 18.1 Å². The SMILES string of the molecule is O=C1CCC(N2Cc3cccc(CN[C@H]4CNC[C@@H](F)C4)c3C2=O)C(=O)N1. The fourth-order valence-corrected chi connectivity index (χ4v) is 4.14. The maximum Gasteiger partial charge on any atom is 0.255 e. The minimum Gasteiger partial charge on any atom is -0.322 e. The van der Waals surface area contributed by atoms with Gasteiger partial charge in [0.2, 0.25) is 11.8 Å². The summed E-state index contributed by atoms with van der Waals surface area (Å²) in [6, 6.07) is 5.09. The van der Waals surface area contributed by atoms with Crippen molar-refractivity contribution in [3.05, 3.63) is 34.9 Å². The smallest absolute Gasteiger partial charge is 0.255 e. The highest BCUT2D eigenvalue weighted by molar-refractivity contribution is 6.05. The predicted octanol–water partition coefficient (Wildman–Crippen LogP) is 0.237. The first-order chi connectivity index (χ1) is 13.0. The van der Waals surface area contributed by atoms with Crippen LogP contribution in [0.2, 0.25) is 0 Å². The van der Waals surface area contributed by atoms with Gasteiger partial charge in [0.1, 0.15) is 12.2 Å². The molecule has 1 aromatic rings. The third-order valence-electron chi connectivity index (χ3n) is 5.52. The molecule has 0 aliphatic carbocycles. The van der Waals surface area contributed by atoms with Crippen molar-refractivity contribution in [2.75, 3.05) is 13.1 Å². The van der Waals surface area contributed by atoms with Gasteiger partial charge in [0.05, 0.1) is 0 Å². The topological polar surface area (TPSA) is 90.5 Å². The highest BCUT2D eigenvalue weighted by atomic mass is 19.1. The van der Waals surface area contributed by atoms with Crippen LogP contribution >= 0.6 is 0 Å². The number of amides is 3. The summed E-state index contributed by atoms with van der Waals surface area (Å²) in [5.41, 5.74) is 2.36. The summed E-state index contributed by atoms with van der Waals surface area (Å²) in [7, 11) is 0. The molecular formula is C19H23FN4O3. The van der Waals surface area contributed by atoms with Crippen LogP contribution in [-0.4, -0.2) is 54.0 Å². The summed E-state index contributed by atoms with van der Waals surface area (Å²) in [5.74, 6) is -0.881. The number of hydrogen-bond acceptors (Lipinski definition) is 5. The van der Waals surface area contributed by atoms with Gasteiger partial charge in [-0.2, -0.15) is 0 Å². The Hall–Kier alpha value is -2.32. The van der Waals surface area contributed by atoms with Crippen molar-refractivity contribution >= 4 is 17.7 Å². The average molecular weight is 374 g/mol. The zero-order valence-corrected chi connectivity index (χ0v) is 15.0. The number of halogens is 1. The molecule has 3 aliphatic rings. The van der Waals surface area contributed by atoms with E-state index in [0.29, 0.717) is 44.6 Å². The molecule has 3 aliphatic heterocycles. The molecule has 3 atom stereocenters. The first-order valence-corrected chi connectivity index (χ1v) is 9.36. The van der Waals surface area contributed by atoms with E-state index in [4.69, 9.17) is 0 Å². The zero-order valence-electron chi connectivity index (χ0n) is 15.0. The molecule has 0 radical (unpaired) electrons. The number of rotatable bonds is 4. The van der Waals surface area contributed by atoms with Gasteiger partial charge in [-0.05, 0) is 24.0 Å². The van der Waals surface area contributed by atoms with Crippen molar-refractivity contribution in [1.82, 2.24) is 20.9 Å². The Balaban J connectivity index is 1.48. The number of nitrogens with one attached hydrogen (secondary N) is 3. The van der Waals surface area contributed by atoms with Crippen molar-refractivity contribution in [3.63, 3.8) is 0 Å². The summed E-state index contributed by atoms with van der Waals surface area (Å²) in [4.78, 5) is 38.1. The molecule has 2 saturated heterocycles. The van der Waals surface area contributed by atoms with Crippen LogP contribution in [0, 0.1) is 0 Å². The summed E-state index contributed by atoms with van der Waals surface area (Å²) >= 11 is 0. The third kappa shape index (κ3) is 3.59. The number of hydrogen-bond donors (Lipinski definition) is 3. The summed E-state index contributed by atoms with van der Waals surface area (Å²) in [5, 5.41) is 8.70. The van der Waals surface area contributed by atoms with E-state index in [2.05, 4.69) is 16.0 Å². The van der Waals surface area contributed by atoms with Crippen LogP contribution < -0.4 is 16.0 Å². The minimum absolute atomic E-state index is 0.0207. The average Bonchev–Trinajstić information content (AvgIpc) is 2.97. The standard InChI is InChI=1S/C19H23FN4O3/c20-13-6-14(9-21-8-13)22-7-11-2-1-3-12-10-24(19(27)17(11)12)15-4-5-16(25)23-18(15)26/h1-3,13-15,21-22H,4-10H2,(H,23,25,26)/t13-,14+,15?/m0/s1. The van der Waals surface area contributed by atoms with Gasteiger partial charge < -0.3 is 15.5 Å². The van der Waals surface area contributed by atoms with Crippen LogP contribution in [0.1, 0.15) is 40.7 Å². The number of benzene rings is 1. The molecule has 0 aromatic heterocycles. The number of nitrogens with zero attached hydrogens (tertiary/aromatic N) is 1. The van der Waals surface area contributed by atoms with E-state index in [1.54, 1.807) is 4.90 Å². The molecule has 2 fully saturated rings. The maximum absolute atomic E-state index is 13.5. The lowest BCUT2D eigenvalue weighted by Gasteiger charge is -2.29. The maximum atomic E-state index is 13.5. The largest absolute Gasteiger partial charge is 0.322 e. The van der Waals surface area contributed by atoms with Crippen molar-refractivity contribution in [2.24, 2.45) is 0 Å². The molecule has 0 bridgehead atoms. The molecule has 3 amide bonds. The van der Waals surface area contributed by atoms with Gasteiger partial charge in [-0.25, -0.2) is 4.39 Å². The number of fused-ring (bicyclic) bond motifs is 1. The lowest BCUT2D eigenvalue weighted by atomic mass is 10.0. The normalized spacial score (nSPS) is 28.3. The molecule has 8 heteroatoms. The summed E-state index contributed by atoms with van der Waals surface area (Å²) in [6.07, 6.45) is 0.189. The van der Waals surface area contributed by atoms with E-state index in [9.17, 15) is 18.8 Å². The molecule has 1 aromatic carbocycles. The van der Waals surface area contributed by atoms with E-state index >= 15 is 0 Å². The quantitative estimate of drug-likeness (QED) is 0.657. The van der Waals surface area contributed by atoms with E-state index in [-0.39, 0.29) is 24.3 Å². The zero-order chi connectivity index (χ0) is 19.0. The second-order valence-electron chi connectivity index (χ2n) is 7.42. The Morgan fingerprint density at radius 3 is 2.85 bits per heavy atom. The first kappa shape index (κ1) is 18.1. The Kier molecular flexibility index (Phi) is 4.92. The predicted molar refractivity (Wildman–Crippen MR) is 95.5 cm³/mol. The Morgan fingerprint density at radius 1 is 1.22 bits per heavy atom. The molecule has 27 heavy (non-hydrogen) atoms. The van der Waals surface area contributed by atoms with Gasteiger partial charge in [0.15, 0.2) is 0 Å². The molecule has 144 valence electrons. The van der Waals surface area contributed by atoms with Crippen LogP contribution in [0.4, 0.5) is 4.39 Å². The van der Waals surface area contributed by atoms with Gasteiger partial charge in [0.25, 0.3) is 5.91 Å². The second-order valence-corrected chi connectivity index (χ2v) is 7.42. The molecule has 4 rings (SSSR count). The first-order valence-electron chi connectivity index (χ1n) is 9.36. The van der Waals surface area contributed by atoms with Crippen LogP contribution in [0.25, 0.3) is 0 Å². The Labute approximate surface area is 156 Å².